The van der Waals surface area contributed by atoms with Gasteiger partial charge in [-0.15, -0.1) is 10.2 Å². The number of nitrogens with one attached hydrogen (secondary N) is 1. The van der Waals surface area contributed by atoms with E-state index < -0.39 is 0 Å². The topological polar surface area (TPSA) is 85.1 Å². The van der Waals surface area contributed by atoms with E-state index in [4.69, 9.17) is 5.10 Å². The van der Waals surface area contributed by atoms with Crippen molar-refractivity contribution in [3.8, 4) is 22.8 Å². The van der Waals surface area contributed by atoms with Crippen molar-refractivity contribution in [1.82, 2.24) is 24.8 Å². The predicted molar refractivity (Wildman–Crippen MR) is 114 cm³/mol. The highest BCUT2D eigenvalue weighted by atomic mass is 16.1. The Kier molecular flexibility index (Phi) is 4.46. The number of carbonyl (C=O) groups excluding carboxylic acids is 1. The number of pyridine rings is 1. The van der Waals surface area contributed by atoms with E-state index in [1.165, 1.54) is 0 Å². The summed E-state index contributed by atoms with van der Waals surface area (Å²) in [7, 11) is 0. The van der Waals surface area contributed by atoms with Crippen LogP contribution in [0.2, 0.25) is 0 Å². The molecule has 1 N–H and O–H groups in total. The van der Waals surface area contributed by atoms with Crippen LogP contribution < -0.4 is 5.32 Å². The van der Waals surface area contributed by atoms with Gasteiger partial charge in [0.25, 0.3) is 5.91 Å². The fraction of sp³-hybridized carbons (Fsp3) is 0. The fourth-order valence-electron chi connectivity index (χ4n) is 3.15. The molecule has 30 heavy (non-hydrogen) atoms. The van der Waals surface area contributed by atoms with E-state index in [0.717, 1.165) is 11.3 Å². The van der Waals surface area contributed by atoms with E-state index in [9.17, 15) is 4.79 Å². The summed E-state index contributed by atoms with van der Waals surface area (Å²) in [5, 5.41) is 16.0. The molecule has 5 rings (SSSR count). The zero-order valence-corrected chi connectivity index (χ0v) is 15.8. The molecule has 7 heteroatoms. The number of carbonyl (C=O) groups is 1. The highest BCUT2D eigenvalue weighted by molar-refractivity contribution is 6.04. The number of hydrogen-bond acceptors (Lipinski definition) is 5. The van der Waals surface area contributed by atoms with Crippen LogP contribution in [0.25, 0.3) is 28.4 Å². The summed E-state index contributed by atoms with van der Waals surface area (Å²) in [5.41, 5.74) is 4.22. The largest absolute Gasteiger partial charge is 0.322 e. The standard InChI is InChI=1S/C23H16N6O/c30-23(16-7-2-1-3-8-16)25-18-10-6-9-17(15-18)19-12-13-21-26-27-22(29(21)28-19)20-11-4-5-14-24-20/h1-15H,(H,25,30). The second-order valence-corrected chi connectivity index (χ2v) is 6.63. The van der Waals surface area contributed by atoms with Crippen molar-refractivity contribution in [1.29, 1.82) is 0 Å². The Hall–Kier alpha value is -4.39. The van der Waals surface area contributed by atoms with Gasteiger partial charge in [0.15, 0.2) is 5.65 Å². The number of amides is 1. The summed E-state index contributed by atoms with van der Waals surface area (Å²) in [5.74, 6) is 0.411. The van der Waals surface area contributed by atoms with Crippen LogP contribution in [0.4, 0.5) is 5.69 Å². The van der Waals surface area contributed by atoms with Crippen LogP contribution >= 0.6 is 0 Å². The molecule has 3 aromatic heterocycles. The van der Waals surface area contributed by atoms with Crippen molar-refractivity contribution < 1.29 is 4.79 Å². The molecule has 0 fully saturated rings. The third-order valence-corrected chi connectivity index (χ3v) is 4.61. The molecule has 0 saturated heterocycles. The third-order valence-electron chi connectivity index (χ3n) is 4.61. The second-order valence-electron chi connectivity index (χ2n) is 6.63. The van der Waals surface area contributed by atoms with Crippen LogP contribution in [-0.2, 0) is 0 Å². The number of hydrogen-bond donors (Lipinski definition) is 1. The molecule has 0 aliphatic heterocycles. The average molecular weight is 392 g/mol. The van der Waals surface area contributed by atoms with Crippen LogP contribution in [0.15, 0.2) is 91.1 Å². The predicted octanol–water partition coefficient (Wildman–Crippen LogP) is 4.11. The molecule has 0 saturated carbocycles. The van der Waals surface area contributed by atoms with Gasteiger partial charge in [0, 0.05) is 23.0 Å². The van der Waals surface area contributed by atoms with E-state index in [-0.39, 0.29) is 5.91 Å². The number of rotatable bonds is 4. The molecule has 0 unspecified atom stereocenters. The lowest BCUT2D eigenvalue weighted by molar-refractivity contribution is 0.102. The van der Waals surface area contributed by atoms with Crippen molar-refractivity contribution in [3.63, 3.8) is 0 Å². The number of anilines is 1. The molecular formula is C23H16N6O. The van der Waals surface area contributed by atoms with Crippen LogP contribution in [0, 0.1) is 0 Å². The monoisotopic (exact) mass is 392 g/mol. The average Bonchev–Trinajstić information content (AvgIpc) is 3.24. The van der Waals surface area contributed by atoms with Crippen LogP contribution in [-0.4, -0.2) is 30.7 Å². The molecule has 1 amide bonds. The van der Waals surface area contributed by atoms with Gasteiger partial charge in [0.2, 0.25) is 5.82 Å². The molecule has 0 bridgehead atoms. The third kappa shape index (κ3) is 3.40. The molecule has 5 aromatic rings. The SMILES string of the molecule is O=C(Nc1cccc(-c2ccc3nnc(-c4ccccn4)n3n2)c1)c1ccccc1. The molecule has 144 valence electrons. The Morgan fingerprint density at radius 1 is 0.800 bits per heavy atom. The summed E-state index contributed by atoms with van der Waals surface area (Å²) in [6, 6.07) is 26.0. The highest BCUT2D eigenvalue weighted by Gasteiger charge is 2.12. The van der Waals surface area contributed by atoms with E-state index in [0.29, 0.717) is 28.4 Å². The lowest BCUT2D eigenvalue weighted by Crippen LogP contribution is -2.11. The first-order chi connectivity index (χ1) is 14.8. The molecule has 0 spiro atoms. The number of aromatic nitrogens is 5. The normalized spacial score (nSPS) is 10.8. The minimum absolute atomic E-state index is 0.160. The minimum Gasteiger partial charge on any atom is -0.322 e. The van der Waals surface area contributed by atoms with Crippen molar-refractivity contribution >= 4 is 17.2 Å². The summed E-state index contributed by atoms with van der Waals surface area (Å²) in [4.78, 5) is 16.8. The zero-order valence-electron chi connectivity index (χ0n) is 15.8. The highest BCUT2D eigenvalue weighted by Crippen LogP contribution is 2.23. The number of benzene rings is 2. The van der Waals surface area contributed by atoms with Gasteiger partial charge in [-0.1, -0.05) is 36.4 Å². The molecule has 3 heterocycles. The Labute approximate surface area is 172 Å². The molecule has 0 aliphatic rings. The van der Waals surface area contributed by atoms with E-state index in [1.807, 2.05) is 72.8 Å². The molecule has 0 aliphatic carbocycles. The van der Waals surface area contributed by atoms with Crippen molar-refractivity contribution in [2.24, 2.45) is 0 Å². The van der Waals surface area contributed by atoms with Gasteiger partial charge in [-0.05, 0) is 48.5 Å². The Balaban J connectivity index is 1.48. The first-order valence-electron chi connectivity index (χ1n) is 9.39. The van der Waals surface area contributed by atoms with Crippen LogP contribution in [0.1, 0.15) is 10.4 Å². The van der Waals surface area contributed by atoms with Gasteiger partial charge < -0.3 is 5.32 Å². The summed E-state index contributed by atoms with van der Waals surface area (Å²) < 4.78 is 1.67. The zero-order chi connectivity index (χ0) is 20.3. The van der Waals surface area contributed by atoms with Gasteiger partial charge in [-0.3, -0.25) is 9.78 Å². The lowest BCUT2D eigenvalue weighted by Gasteiger charge is -2.08. The maximum atomic E-state index is 12.4. The van der Waals surface area contributed by atoms with Crippen molar-refractivity contribution in [3.05, 3.63) is 96.7 Å². The molecule has 0 atom stereocenters. The van der Waals surface area contributed by atoms with Gasteiger partial charge in [-0.25, -0.2) is 0 Å². The molecule has 2 aromatic carbocycles. The molecule has 7 nitrogen and oxygen atoms in total. The first kappa shape index (κ1) is 17.7. The van der Waals surface area contributed by atoms with Gasteiger partial charge in [0.05, 0.1) is 5.69 Å². The van der Waals surface area contributed by atoms with Gasteiger partial charge in [-0.2, -0.15) is 9.61 Å². The fourth-order valence-corrected chi connectivity index (χ4v) is 3.15. The smallest absolute Gasteiger partial charge is 0.255 e. The summed E-state index contributed by atoms with van der Waals surface area (Å²) in [6.07, 6.45) is 1.71. The minimum atomic E-state index is -0.160. The van der Waals surface area contributed by atoms with E-state index in [1.54, 1.807) is 22.8 Å². The van der Waals surface area contributed by atoms with Crippen molar-refractivity contribution in [2.75, 3.05) is 5.32 Å². The Bertz CT molecular complexity index is 1330. The Morgan fingerprint density at radius 2 is 1.67 bits per heavy atom. The number of fused-ring (bicyclic) bond motifs is 1. The van der Waals surface area contributed by atoms with Crippen LogP contribution in [0.3, 0.4) is 0 Å². The molecular weight excluding hydrogens is 376 g/mol. The quantitative estimate of drug-likeness (QED) is 0.498. The van der Waals surface area contributed by atoms with Crippen molar-refractivity contribution in [2.45, 2.75) is 0 Å². The Morgan fingerprint density at radius 3 is 2.50 bits per heavy atom. The van der Waals surface area contributed by atoms with Gasteiger partial charge in [0.1, 0.15) is 5.69 Å². The maximum Gasteiger partial charge on any atom is 0.255 e. The summed E-state index contributed by atoms with van der Waals surface area (Å²) >= 11 is 0. The number of nitrogens with zero attached hydrogens (tertiary/aromatic N) is 5. The van der Waals surface area contributed by atoms with Gasteiger partial charge >= 0.3 is 0 Å². The lowest BCUT2D eigenvalue weighted by atomic mass is 10.1. The van der Waals surface area contributed by atoms with E-state index in [2.05, 4.69) is 20.5 Å². The molecule has 0 radical (unpaired) electrons. The summed E-state index contributed by atoms with van der Waals surface area (Å²) in [6.45, 7) is 0. The second kappa shape index (κ2) is 7.56. The van der Waals surface area contributed by atoms with Crippen LogP contribution in [0.5, 0.6) is 0 Å². The first-order valence-corrected chi connectivity index (χ1v) is 9.39. The maximum absolute atomic E-state index is 12.4. The van der Waals surface area contributed by atoms with E-state index >= 15 is 0 Å².